The third kappa shape index (κ3) is 4.82. The van der Waals surface area contributed by atoms with Crippen LogP contribution in [0.4, 0.5) is 5.69 Å². The minimum absolute atomic E-state index is 0.0335. The number of rotatable bonds is 7. The summed E-state index contributed by atoms with van der Waals surface area (Å²) in [5.74, 6) is 0.0335. The normalized spacial score (nSPS) is 20.7. The molecular weight excluding hydrogens is 426 g/mol. The van der Waals surface area contributed by atoms with Gasteiger partial charge in [0.15, 0.2) is 0 Å². The average molecular weight is 456 g/mol. The van der Waals surface area contributed by atoms with Gasteiger partial charge in [-0.1, -0.05) is 24.3 Å². The van der Waals surface area contributed by atoms with E-state index >= 15 is 0 Å². The number of anilines is 1. The number of carbonyl (C=O) groups excluding carboxylic acids is 1. The molecule has 3 fully saturated rings. The van der Waals surface area contributed by atoms with Crippen molar-refractivity contribution in [2.45, 2.75) is 36.5 Å². The SMILES string of the molecule is O=C(c1ccc(-c2ccc(NS(=O)(=O)C3CC3)cc2)cc1)N1CCN(CC2(O)CC2)CC1. The zero-order valence-electron chi connectivity index (χ0n) is 18.0. The van der Waals surface area contributed by atoms with Gasteiger partial charge in [0.1, 0.15) is 0 Å². The second-order valence-electron chi connectivity index (χ2n) is 9.29. The fraction of sp³-hybridized carbons (Fsp3) is 0.458. The first-order valence-corrected chi connectivity index (χ1v) is 12.8. The lowest BCUT2D eigenvalue weighted by molar-refractivity contribution is 0.0473. The van der Waals surface area contributed by atoms with Gasteiger partial charge in [0, 0.05) is 44.0 Å². The fourth-order valence-corrected chi connectivity index (χ4v) is 5.56. The number of amides is 1. The molecule has 0 unspecified atom stereocenters. The monoisotopic (exact) mass is 455 g/mol. The summed E-state index contributed by atoms with van der Waals surface area (Å²) in [5, 5.41) is 9.84. The molecule has 0 bridgehead atoms. The first-order chi connectivity index (χ1) is 15.3. The molecule has 7 nitrogen and oxygen atoms in total. The highest BCUT2D eigenvalue weighted by atomic mass is 32.2. The number of sulfonamides is 1. The van der Waals surface area contributed by atoms with Crippen molar-refractivity contribution in [2.75, 3.05) is 37.4 Å². The molecule has 0 radical (unpaired) electrons. The minimum Gasteiger partial charge on any atom is -0.389 e. The van der Waals surface area contributed by atoms with Gasteiger partial charge in [-0.05, 0) is 61.1 Å². The summed E-state index contributed by atoms with van der Waals surface area (Å²) in [6.07, 6.45) is 3.24. The Morgan fingerprint density at radius 2 is 1.50 bits per heavy atom. The molecule has 3 aliphatic rings. The number of carbonyl (C=O) groups is 1. The van der Waals surface area contributed by atoms with E-state index in [9.17, 15) is 18.3 Å². The van der Waals surface area contributed by atoms with E-state index < -0.39 is 15.6 Å². The summed E-state index contributed by atoms with van der Waals surface area (Å²) < 4.78 is 26.8. The molecule has 0 spiro atoms. The number of hydrogen-bond donors (Lipinski definition) is 2. The Hall–Kier alpha value is -2.42. The smallest absolute Gasteiger partial charge is 0.253 e. The van der Waals surface area contributed by atoms with Crippen molar-refractivity contribution in [1.29, 1.82) is 0 Å². The zero-order valence-corrected chi connectivity index (χ0v) is 18.9. The molecule has 8 heteroatoms. The number of hydrogen-bond acceptors (Lipinski definition) is 5. The van der Waals surface area contributed by atoms with Crippen molar-refractivity contribution in [2.24, 2.45) is 0 Å². The van der Waals surface area contributed by atoms with Crippen LogP contribution in [0.25, 0.3) is 11.1 Å². The van der Waals surface area contributed by atoms with Gasteiger partial charge in [-0.15, -0.1) is 0 Å². The molecule has 0 atom stereocenters. The van der Waals surface area contributed by atoms with Crippen molar-refractivity contribution < 1.29 is 18.3 Å². The molecule has 1 saturated heterocycles. The molecule has 2 aliphatic carbocycles. The lowest BCUT2D eigenvalue weighted by Crippen LogP contribution is -2.50. The number of aliphatic hydroxyl groups is 1. The number of piperazine rings is 1. The van der Waals surface area contributed by atoms with Crippen molar-refractivity contribution in [3.8, 4) is 11.1 Å². The summed E-state index contributed by atoms with van der Waals surface area (Å²) in [6.45, 7) is 3.65. The van der Waals surface area contributed by atoms with Crippen LogP contribution in [0.15, 0.2) is 48.5 Å². The van der Waals surface area contributed by atoms with Gasteiger partial charge >= 0.3 is 0 Å². The molecule has 170 valence electrons. The van der Waals surface area contributed by atoms with Crippen LogP contribution in [0.1, 0.15) is 36.0 Å². The molecule has 1 amide bonds. The van der Waals surface area contributed by atoms with Crippen molar-refractivity contribution in [3.63, 3.8) is 0 Å². The lowest BCUT2D eigenvalue weighted by Gasteiger charge is -2.35. The van der Waals surface area contributed by atoms with E-state index in [1.54, 1.807) is 12.1 Å². The third-order valence-corrected chi connectivity index (χ3v) is 8.45. The van der Waals surface area contributed by atoms with Crippen molar-refractivity contribution in [3.05, 3.63) is 54.1 Å². The summed E-state index contributed by atoms with van der Waals surface area (Å²) in [6, 6.07) is 14.9. The maximum absolute atomic E-state index is 12.9. The van der Waals surface area contributed by atoms with Gasteiger partial charge in [-0.3, -0.25) is 14.4 Å². The van der Waals surface area contributed by atoms with Gasteiger partial charge in [0.2, 0.25) is 10.0 Å². The van der Waals surface area contributed by atoms with E-state index in [0.29, 0.717) is 30.9 Å². The van der Waals surface area contributed by atoms with E-state index in [1.165, 1.54) is 0 Å². The second kappa shape index (κ2) is 8.17. The number of nitrogens with zero attached hydrogens (tertiary/aromatic N) is 2. The molecule has 1 heterocycles. The Morgan fingerprint density at radius 1 is 0.938 bits per heavy atom. The zero-order chi connectivity index (χ0) is 22.3. The third-order valence-electron chi connectivity index (χ3n) is 6.58. The van der Waals surface area contributed by atoms with E-state index in [-0.39, 0.29) is 11.2 Å². The Kier molecular flexibility index (Phi) is 5.47. The van der Waals surface area contributed by atoms with Gasteiger partial charge in [-0.25, -0.2) is 8.42 Å². The maximum atomic E-state index is 12.9. The van der Waals surface area contributed by atoms with Crippen LogP contribution in [0.3, 0.4) is 0 Å². The predicted octanol–water partition coefficient (Wildman–Crippen LogP) is 2.54. The first kappa shape index (κ1) is 21.4. The summed E-state index contributed by atoms with van der Waals surface area (Å²) in [7, 11) is -3.26. The molecule has 2 aromatic rings. The van der Waals surface area contributed by atoms with Gasteiger partial charge in [0.25, 0.3) is 5.91 Å². The van der Waals surface area contributed by atoms with Crippen LogP contribution in [-0.4, -0.2) is 72.8 Å². The topological polar surface area (TPSA) is 90.0 Å². The number of β-amino-alcohol motifs (C(OH)–C–C–N with tert-alkyl or cyclic N) is 1. The van der Waals surface area contributed by atoms with Gasteiger partial charge < -0.3 is 10.0 Å². The second-order valence-corrected chi connectivity index (χ2v) is 11.3. The summed E-state index contributed by atoms with van der Waals surface area (Å²) >= 11 is 0. The van der Waals surface area contributed by atoms with Crippen LogP contribution < -0.4 is 4.72 Å². The van der Waals surface area contributed by atoms with Gasteiger partial charge in [-0.2, -0.15) is 0 Å². The Morgan fingerprint density at radius 3 is 2.03 bits per heavy atom. The van der Waals surface area contributed by atoms with Crippen LogP contribution in [0.5, 0.6) is 0 Å². The summed E-state index contributed by atoms with van der Waals surface area (Å²) in [5.41, 5.74) is 2.68. The number of nitrogens with one attached hydrogen (secondary N) is 1. The highest BCUT2D eigenvalue weighted by molar-refractivity contribution is 7.93. The quantitative estimate of drug-likeness (QED) is 0.670. The Labute approximate surface area is 189 Å². The molecule has 2 saturated carbocycles. The van der Waals surface area contributed by atoms with Crippen molar-refractivity contribution in [1.82, 2.24) is 9.80 Å². The standard InChI is InChI=1S/C24H29N3O4S/c28-23(27-15-13-26(14-16-27)17-24(29)11-12-24)20-3-1-18(2-4-20)19-5-7-21(8-6-19)25-32(30,31)22-9-10-22/h1-8,22,25,29H,9-17H2. The predicted molar refractivity (Wildman–Crippen MR) is 124 cm³/mol. The van der Waals surface area contributed by atoms with Crippen molar-refractivity contribution >= 4 is 21.6 Å². The van der Waals surface area contributed by atoms with E-state index in [4.69, 9.17) is 0 Å². The fourth-order valence-electron chi connectivity index (χ4n) is 4.17. The van der Waals surface area contributed by atoms with Crippen LogP contribution in [-0.2, 0) is 10.0 Å². The van der Waals surface area contributed by atoms with Crippen LogP contribution >= 0.6 is 0 Å². The first-order valence-electron chi connectivity index (χ1n) is 11.3. The number of benzene rings is 2. The van der Waals surface area contributed by atoms with Gasteiger partial charge in [0.05, 0.1) is 10.9 Å². The lowest BCUT2D eigenvalue weighted by atomic mass is 10.0. The average Bonchev–Trinajstić information content (AvgIpc) is 3.71. The summed E-state index contributed by atoms with van der Waals surface area (Å²) in [4.78, 5) is 17.0. The molecule has 1 aliphatic heterocycles. The molecule has 2 aromatic carbocycles. The molecular formula is C24H29N3O4S. The Balaban J connectivity index is 1.18. The highest BCUT2D eigenvalue weighted by Crippen LogP contribution is 2.36. The largest absolute Gasteiger partial charge is 0.389 e. The minimum atomic E-state index is -3.26. The maximum Gasteiger partial charge on any atom is 0.253 e. The van der Waals surface area contributed by atoms with E-state index in [1.807, 2.05) is 41.3 Å². The van der Waals surface area contributed by atoms with Crippen LogP contribution in [0.2, 0.25) is 0 Å². The molecule has 32 heavy (non-hydrogen) atoms. The van der Waals surface area contributed by atoms with E-state index in [2.05, 4.69) is 9.62 Å². The van der Waals surface area contributed by atoms with Crippen LogP contribution in [0, 0.1) is 0 Å². The highest BCUT2D eigenvalue weighted by Gasteiger charge is 2.42. The molecule has 5 rings (SSSR count). The molecule has 2 N–H and O–H groups in total. The van der Waals surface area contributed by atoms with E-state index in [0.717, 1.165) is 49.9 Å². The molecule has 0 aromatic heterocycles. The Bertz CT molecular complexity index is 1080.